The Kier molecular flexibility index (Phi) is 5.02. The summed E-state index contributed by atoms with van der Waals surface area (Å²) < 4.78 is 0. The van der Waals surface area contributed by atoms with Crippen molar-refractivity contribution in [3.63, 3.8) is 0 Å². The highest BCUT2D eigenvalue weighted by atomic mass is 35.5. The zero-order chi connectivity index (χ0) is 11.4. The molecule has 5 heteroatoms. The SMILES string of the molecule is CC1(CNC(=O)c2ccc[nH]2)CCCNC1.Cl. The fourth-order valence-corrected chi connectivity index (χ4v) is 2.13. The second kappa shape index (κ2) is 6.07. The molecule has 1 amide bonds. The summed E-state index contributed by atoms with van der Waals surface area (Å²) in [4.78, 5) is 14.6. The van der Waals surface area contributed by atoms with Gasteiger partial charge in [-0.25, -0.2) is 0 Å². The molecule has 1 atom stereocenters. The summed E-state index contributed by atoms with van der Waals surface area (Å²) >= 11 is 0. The average Bonchev–Trinajstić information content (AvgIpc) is 2.80. The molecule has 1 unspecified atom stereocenters. The van der Waals surface area contributed by atoms with Crippen molar-refractivity contribution in [3.05, 3.63) is 24.0 Å². The fraction of sp³-hybridized carbons (Fsp3) is 0.583. The second-order valence-corrected chi connectivity index (χ2v) is 4.86. The number of H-pyrrole nitrogens is 1. The number of halogens is 1. The lowest BCUT2D eigenvalue weighted by Crippen LogP contribution is -2.45. The third kappa shape index (κ3) is 3.75. The van der Waals surface area contributed by atoms with Crippen LogP contribution in [0.2, 0.25) is 0 Å². The smallest absolute Gasteiger partial charge is 0.267 e. The lowest BCUT2D eigenvalue weighted by atomic mass is 9.83. The lowest BCUT2D eigenvalue weighted by Gasteiger charge is -2.34. The Morgan fingerprint density at radius 3 is 3.00 bits per heavy atom. The van der Waals surface area contributed by atoms with Crippen LogP contribution in [0, 0.1) is 5.41 Å². The van der Waals surface area contributed by atoms with Crippen molar-refractivity contribution in [1.29, 1.82) is 0 Å². The molecule has 1 aromatic rings. The van der Waals surface area contributed by atoms with Crippen LogP contribution in [0.5, 0.6) is 0 Å². The quantitative estimate of drug-likeness (QED) is 0.770. The topological polar surface area (TPSA) is 56.9 Å². The Morgan fingerprint density at radius 1 is 1.59 bits per heavy atom. The standard InChI is InChI=1S/C12H19N3O.ClH/c1-12(5-3-6-13-8-12)9-15-11(16)10-4-2-7-14-10;/h2,4,7,13-14H,3,5-6,8-9H2,1H3,(H,15,16);1H. The van der Waals surface area contributed by atoms with Crippen molar-refractivity contribution in [2.75, 3.05) is 19.6 Å². The molecule has 96 valence electrons. The Bertz CT molecular complexity index is 345. The van der Waals surface area contributed by atoms with E-state index < -0.39 is 0 Å². The van der Waals surface area contributed by atoms with Crippen LogP contribution in [0.1, 0.15) is 30.3 Å². The molecule has 1 saturated heterocycles. The Balaban J connectivity index is 0.00000144. The molecule has 1 aliphatic rings. The monoisotopic (exact) mass is 257 g/mol. The molecule has 2 rings (SSSR count). The number of hydrogen-bond donors (Lipinski definition) is 3. The summed E-state index contributed by atoms with van der Waals surface area (Å²) in [6.07, 6.45) is 4.12. The van der Waals surface area contributed by atoms with Crippen LogP contribution < -0.4 is 10.6 Å². The summed E-state index contributed by atoms with van der Waals surface area (Å²) in [7, 11) is 0. The highest BCUT2D eigenvalue weighted by Crippen LogP contribution is 2.24. The zero-order valence-electron chi connectivity index (χ0n) is 10.1. The van der Waals surface area contributed by atoms with E-state index in [4.69, 9.17) is 0 Å². The first-order valence-electron chi connectivity index (χ1n) is 5.82. The van der Waals surface area contributed by atoms with Gasteiger partial charge < -0.3 is 15.6 Å². The lowest BCUT2D eigenvalue weighted by molar-refractivity contribution is 0.0920. The molecule has 0 aliphatic carbocycles. The number of hydrogen-bond acceptors (Lipinski definition) is 2. The van der Waals surface area contributed by atoms with Crippen molar-refractivity contribution < 1.29 is 4.79 Å². The van der Waals surface area contributed by atoms with E-state index in [0.717, 1.165) is 19.6 Å². The fourth-order valence-electron chi connectivity index (χ4n) is 2.13. The second-order valence-electron chi connectivity index (χ2n) is 4.86. The summed E-state index contributed by atoms with van der Waals surface area (Å²) in [6, 6.07) is 3.62. The normalized spacial score (nSPS) is 23.8. The highest BCUT2D eigenvalue weighted by molar-refractivity contribution is 5.92. The Morgan fingerprint density at radius 2 is 2.41 bits per heavy atom. The highest BCUT2D eigenvalue weighted by Gasteiger charge is 2.27. The molecule has 1 aliphatic heterocycles. The number of piperidine rings is 1. The Hall–Kier alpha value is -1.00. The van der Waals surface area contributed by atoms with Gasteiger partial charge in [0.05, 0.1) is 0 Å². The number of amides is 1. The maximum Gasteiger partial charge on any atom is 0.267 e. The van der Waals surface area contributed by atoms with Gasteiger partial charge in [0.1, 0.15) is 5.69 Å². The largest absolute Gasteiger partial charge is 0.357 e. The molecule has 0 spiro atoms. The van der Waals surface area contributed by atoms with Gasteiger partial charge >= 0.3 is 0 Å². The van der Waals surface area contributed by atoms with Crippen LogP contribution in [0.3, 0.4) is 0 Å². The molecule has 1 aromatic heterocycles. The van der Waals surface area contributed by atoms with Crippen LogP contribution in [0.4, 0.5) is 0 Å². The summed E-state index contributed by atoms with van der Waals surface area (Å²) in [6.45, 7) is 5.03. The van der Waals surface area contributed by atoms with Gasteiger partial charge in [-0.1, -0.05) is 6.92 Å². The van der Waals surface area contributed by atoms with E-state index in [1.165, 1.54) is 12.8 Å². The van der Waals surface area contributed by atoms with Crippen molar-refractivity contribution in [2.45, 2.75) is 19.8 Å². The van der Waals surface area contributed by atoms with E-state index in [0.29, 0.717) is 5.69 Å². The minimum absolute atomic E-state index is 0. The van der Waals surface area contributed by atoms with E-state index in [1.807, 2.05) is 6.07 Å². The van der Waals surface area contributed by atoms with Crippen LogP contribution in [0.15, 0.2) is 18.3 Å². The van der Waals surface area contributed by atoms with Gasteiger partial charge in [-0.3, -0.25) is 4.79 Å². The van der Waals surface area contributed by atoms with Crippen LogP contribution in [-0.4, -0.2) is 30.5 Å². The van der Waals surface area contributed by atoms with Crippen molar-refractivity contribution in [2.24, 2.45) is 5.41 Å². The molecule has 1 fully saturated rings. The van der Waals surface area contributed by atoms with Crippen molar-refractivity contribution in [1.82, 2.24) is 15.6 Å². The number of rotatable bonds is 3. The van der Waals surface area contributed by atoms with Gasteiger partial charge in [0.2, 0.25) is 0 Å². The maximum atomic E-state index is 11.7. The first kappa shape index (κ1) is 14.1. The number of carbonyl (C=O) groups is 1. The van der Waals surface area contributed by atoms with E-state index in [1.54, 1.807) is 12.3 Å². The number of carbonyl (C=O) groups excluding carboxylic acids is 1. The molecule has 3 N–H and O–H groups in total. The van der Waals surface area contributed by atoms with E-state index in [9.17, 15) is 4.79 Å². The Labute approximate surface area is 108 Å². The molecular formula is C12H20ClN3O. The molecule has 0 saturated carbocycles. The molecule has 0 bridgehead atoms. The van der Waals surface area contributed by atoms with Gasteiger partial charge in [0, 0.05) is 19.3 Å². The summed E-state index contributed by atoms with van der Waals surface area (Å²) in [5, 5.41) is 6.36. The molecule has 2 heterocycles. The van der Waals surface area contributed by atoms with E-state index in [-0.39, 0.29) is 23.7 Å². The molecular weight excluding hydrogens is 238 g/mol. The molecule has 4 nitrogen and oxygen atoms in total. The number of nitrogens with one attached hydrogen (secondary N) is 3. The van der Waals surface area contributed by atoms with Crippen LogP contribution >= 0.6 is 12.4 Å². The first-order chi connectivity index (χ1) is 7.70. The van der Waals surface area contributed by atoms with Gasteiger partial charge in [0.15, 0.2) is 0 Å². The first-order valence-corrected chi connectivity index (χ1v) is 5.82. The molecule has 0 aromatic carbocycles. The van der Waals surface area contributed by atoms with Crippen molar-refractivity contribution >= 4 is 18.3 Å². The van der Waals surface area contributed by atoms with E-state index >= 15 is 0 Å². The summed E-state index contributed by atoms with van der Waals surface area (Å²) in [5.74, 6) is -0.0169. The van der Waals surface area contributed by atoms with Gasteiger partial charge in [-0.05, 0) is 36.9 Å². The third-order valence-electron chi connectivity index (χ3n) is 3.20. The predicted molar refractivity (Wildman–Crippen MR) is 70.6 cm³/mol. The van der Waals surface area contributed by atoms with Crippen LogP contribution in [-0.2, 0) is 0 Å². The minimum Gasteiger partial charge on any atom is -0.357 e. The van der Waals surface area contributed by atoms with Gasteiger partial charge in [-0.15, -0.1) is 12.4 Å². The van der Waals surface area contributed by atoms with Crippen LogP contribution in [0.25, 0.3) is 0 Å². The summed E-state index contributed by atoms with van der Waals surface area (Å²) in [5.41, 5.74) is 0.827. The minimum atomic E-state index is -0.0169. The average molecular weight is 258 g/mol. The van der Waals surface area contributed by atoms with Gasteiger partial charge in [0.25, 0.3) is 5.91 Å². The predicted octanol–water partition coefficient (Wildman–Crippen LogP) is 1.56. The third-order valence-corrected chi connectivity index (χ3v) is 3.20. The number of aromatic amines is 1. The maximum absolute atomic E-state index is 11.7. The van der Waals surface area contributed by atoms with Crippen molar-refractivity contribution in [3.8, 4) is 0 Å². The number of aromatic nitrogens is 1. The zero-order valence-corrected chi connectivity index (χ0v) is 10.9. The van der Waals surface area contributed by atoms with E-state index in [2.05, 4.69) is 22.5 Å². The van der Waals surface area contributed by atoms with Gasteiger partial charge in [-0.2, -0.15) is 0 Å². The molecule has 0 radical (unpaired) electrons. The molecule has 17 heavy (non-hydrogen) atoms.